The van der Waals surface area contributed by atoms with Gasteiger partial charge in [0, 0.05) is 6.07 Å². The van der Waals surface area contributed by atoms with Gasteiger partial charge in [0.05, 0.1) is 19.2 Å². The first kappa shape index (κ1) is 18.5. The van der Waals surface area contributed by atoms with Crippen molar-refractivity contribution in [2.45, 2.75) is 19.6 Å². The fraction of sp³-hybridized carbons (Fsp3) is 0.316. The van der Waals surface area contributed by atoms with Crippen molar-refractivity contribution in [3.63, 3.8) is 0 Å². The molecule has 0 aliphatic carbocycles. The lowest BCUT2D eigenvalue weighted by atomic mass is 10.1. The average molecular weight is 372 g/mol. The molecule has 1 aromatic carbocycles. The number of alkyl carbamates (subject to hydrolysis) is 1. The van der Waals surface area contributed by atoms with Crippen LogP contribution < -0.4 is 15.7 Å². The van der Waals surface area contributed by atoms with Crippen LogP contribution in [0.3, 0.4) is 0 Å². The number of nitrogens with one attached hydrogen (secondary N) is 1. The number of carbonyl (C=O) groups is 2. The molecule has 142 valence electrons. The van der Waals surface area contributed by atoms with Gasteiger partial charge in [0.1, 0.15) is 30.8 Å². The van der Waals surface area contributed by atoms with Gasteiger partial charge in [0.2, 0.25) is 5.91 Å². The second kappa shape index (κ2) is 8.39. The van der Waals surface area contributed by atoms with Gasteiger partial charge >= 0.3 is 11.7 Å². The van der Waals surface area contributed by atoms with E-state index in [2.05, 4.69) is 5.32 Å². The molecule has 3 rings (SSSR count). The van der Waals surface area contributed by atoms with Crippen molar-refractivity contribution in [3.8, 4) is 5.75 Å². The summed E-state index contributed by atoms with van der Waals surface area (Å²) in [4.78, 5) is 36.6. The van der Waals surface area contributed by atoms with Gasteiger partial charge in [-0.05, 0) is 12.5 Å². The zero-order valence-corrected chi connectivity index (χ0v) is 14.8. The molecule has 27 heavy (non-hydrogen) atoms. The van der Waals surface area contributed by atoms with E-state index in [0.29, 0.717) is 24.6 Å². The van der Waals surface area contributed by atoms with E-state index >= 15 is 0 Å². The van der Waals surface area contributed by atoms with E-state index < -0.39 is 11.7 Å². The molecule has 0 unspecified atom stereocenters. The average Bonchev–Trinajstić information content (AvgIpc) is 2.60. The molecule has 1 fully saturated rings. The molecule has 8 nitrogen and oxygen atoms in total. The van der Waals surface area contributed by atoms with Gasteiger partial charge in [-0.1, -0.05) is 30.3 Å². The molecule has 0 saturated carbocycles. The zero-order chi connectivity index (χ0) is 19.2. The lowest BCUT2D eigenvalue weighted by molar-refractivity contribution is -0.138. The lowest BCUT2D eigenvalue weighted by Gasteiger charge is -2.38. The summed E-state index contributed by atoms with van der Waals surface area (Å²) in [5, 5.41) is 2.43. The number of hydrogen-bond acceptors (Lipinski definition) is 6. The maximum atomic E-state index is 12.0. The van der Waals surface area contributed by atoms with Crippen LogP contribution in [0.25, 0.3) is 0 Å². The third-order valence-corrected chi connectivity index (χ3v) is 3.97. The largest absolute Gasteiger partial charge is 0.486 e. The molecule has 1 saturated heterocycles. The molecular weight excluding hydrogens is 352 g/mol. The van der Waals surface area contributed by atoms with Crippen LogP contribution in [0.2, 0.25) is 0 Å². The van der Waals surface area contributed by atoms with E-state index in [0.717, 1.165) is 5.56 Å². The van der Waals surface area contributed by atoms with Crippen LogP contribution in [-0.2, 0) is 16.1 Å². The molecule has 1 N–H and O–H groups in total. The second-order valence-electron chi connectivity index (χ2n) is 6.18. The Hall–Kier alpha value is -3.29. The normalized spacial score (nSPS) is 13.6. The monoisotopic (exact) mass is 372 g/mol. The SMILES string of the molecule is Cc1cc(OC2CN(C(=O)CNC(=O)OCc3ccccc3)C2)cc(=O)o1. The molecule has 2 heterocycles. The summed E-state index contributed by atoms with van der Waals surface area (Å²) in [6.45, 7) is 2.43. The molecule has 1 aromatic heterocycles. The van der Waals surface area contributed by atoms with Gasteiger partial charge in [-0.3, -0.25) is 4.79 Å². The molecule has 2 aromatic rings. The van der Waals surface area contributed by atoms with Crippen LogP contribution in [0.15, 0.2) is 51.7 Å². The molecule has 0 radical (unpaired) electrons. The highest BCUT2D eigenvalue weighted by molar-refractivity contribution is 5.82. The Balaban J connectivity index is 1.35. The van der Waals surface area contributed by atoms with Crippen molar-refractivity contribution < 1.29 is 23.5 Å². The molecule has 0 atom stereocenters. The van der Waals surface area contributed by atoms with Gasteiger partial charge in [-0.25, -0.2) is 9.59 Å². The maximum absolute atomic E-state index is 12.0. The molecule has 0 bridgehead atoms. The lowest BCUT2D eigenvalue weighted by Crippen LogP contribution is -2.58. The summed E-state index contributed by atoms with van der Waals surface area (Å²) in [5.74, 6) is 0.654. The smallest absolute Gasteiger partial charge is 0.407 e. The number of amides is 2. The summed E-state index contributed by atoms with van der Waals surface area (Å²) in [5.41, 5.74) is 0.391. The number of carbonyl (C=O) groups excluding carboxylic acids is 2. The predicted octanol–water partition coefficient (Wildman–Crippen LogP) is 1.46. The van der Waals surface area contributed by atoms with E-state index in [1.165, 1.54) is 6.07 Å². The summed E-state index contributed by atoms with van der Waals surface area (Å²) in [6, 6.07) is 12.2. The van der Waals surface area contributed by atoms with Crippen LogP contribution >= 0.6 is 0 Å². The van der Waals surface area contributed by atoms with Crippen molar-refractivity contribution >= 4 is 12.0 Å². The number of ether oxygens (including phenoxy) is 2. The minimum absolute atomic E-state index is 0.144. The first-order chi connectivity index (χ1) is 13.0. The van der Waals surface area contributed by atoms with Gasteiger partial charge < -0.3 is 24.1 Å². The summed E-state index contributed by atoms with van der Waals surface area (Å²) in [6.07, 6.45) is -0.841. The Morgan fingerprint density at radius 1 is 1.22 bits per heavy atom. The Morgan fingerprint density at radius 2 is 1.96 bits per heavy atom. The third kappa shape index (κ3) is 5.34. The third-order valence-electron chi connectivity index (χ3n) is 3.97. The Kier molecular flexibility index (Phi) is 5.75. The van der Waals surface area contributed by atoms with Gasteiger partial charge in [0.15, 0.2) is 0 Å². The topological polar surface area (TPSA) is 98.1 Å². The quantitative estimate of drug-likeness (QED) is 0.824. The number of nitrogens with zero attached hydrogens (tertiary/aromatic N) is 1. The highest BCUT2D eigenvalue weighted by Crippen LogP contribution is 2.17. The predicted molar refractivity (Wildman–Crippen MR) is 95.3 cm³/mol. The minimum Gasteiger partial charge on any atom is -0.486 e. The molecule has 1 aliphatic rings. The van der Waals surface area contributed by atoms with Crippen LogP contribution in [-0.4, -0.2) is 42.6 Å². The van der Waals surface area contributed by atoms with E-state index in [9.17, 15) is 14.4 Å². The molecular formula is C19H20N2O6. The molecule has 8 heteroatoms. The van der Waals surface area contributed by atoms with Crippen LogP contribution in [0.5, 0.6) is 5.75 Å². The van der Waals surface area contributed by atoms with Crippen LogP contribution in [0.1, 0.15) is 11.3 Å². The number of rotatable bonds is 6. The van der Waals surface area contributed by atoms with Gasteiger partial charge in [0.25, 0.3) is 0 Å². The Bertz CT molecular complexity index is 858. The van der Waals surface area contributed by atoms with E-state index in [1.807, 2.05) is 30.3 Å². The van der Waals surface area contributed by atoms with E-state index in [-0.39, 0.29) is 25.2 Å². The van der Waals surface area contributed by atoms with Crippen molar-refractivity contribution in [1.29, 1.82) is 0 Å². The number of aryl methyl sites for hydroxylation is 1. The van der Waals surface area contributed by atoms with Crippen molar-refractivity contribution in [3.05, 3.63) is 64.2 Å². The maximum Gasteiger partial charge on any atom is 0.407 e. The number of benzene rings is 1. The Labute approximate surface area is 155 Å². The van der Waals surface area contributed by atoms with Crippen LogP contribution in [0, 0.1) is 6.92 Å². The van der Waals surface area contributed by atoms with Crippen molar-refractivity contribution in [2.24, 2.45) is 0 Å². The van der Waals surface area contributed by atoms with Gasteiger partial charge in [-0.2, -0.15) is 0 Å². The fourth-order valence-corrected chi connectivity index (χ4v) is 2.59. The minimum atomic E-state index is -0.646. The molecule has 0 spiro atoms. The van der Waals surface area contributed by atoms with Crippen molar-refractivity contribution in [2.75, 3.05) is 19.6 Å². The number of likely N-dealkylation sites (tertiary alicyclic amines) is 1. The van der Waals surface area contributed by atoms with E-state index in [1.54, 1.807) is 17.9 Å². The summed E-state index contributed by atoms with van der Waals surface area (Å²) < 4.78 is 15.5. The highest BCUT2D eigenvalue weighted by Gasteiger charge is 2.32. The molecule has 1 aliphatic heterocycles. The highest BCUT2D eigenvalue weighted by atomic mass is 16.5. The van der Waals surface area contributed by atoms with Gasteiger partial charge in [-0.15, -0.1) is 0 Å². The fourth-order valence-electron chi connectivity index (χ4n) is 2.59. The summed E-state index contributed by atoms with van der Waals surface area (Å²) in [7, 11) is 0. The van der Waals surface area contributed by atoms with Crippen molar-refractivity contribution in [1.82, 2.24) is 10.2 Å². The zero-order valence-electron chi connectivity index (χ0n) is 14.8. The first-order valence-electron chi connectivity index (χ1n) is 8.50. The number of hydrogen-bond donors (Lipinski definition) is 1. The summed E-state index contributed by atoms with van der Waals surface area (Å²) >= 11 is 0. The standard InChI is InChI=1S/C19H20N2O6/c1-13-7-15(8-18(23)26-13)27-16-10-21(11-16)17(22)9-20-19(24)25-12-14-5-3-2-4-6-14/h2-8,16H,9-12H2,1H3,(H,20,24). The molecule has 2 amide bonds. The first-order valence-corrected chi connectivity index (χ1v) is 8.50. The van der Waals surface area contributed by atoms with Crippen LogP contribution in [0.4, 0.5) is 4.79 Å². The van der Waals surface area contributed by atoms with E-state index in [4.69, 9.17) is 13.9 Å². The Morgan fingerprint density at radius 3 is 2.67 bits per heavy atom. The second-order valence-corrected chi connectivity index (χ2v) is 6.18.